The molecule has 2 aromatic carbocycles. The first-order chi connectivity index (χ1) is 11.8. The van der Waals surface area contributed by atoms with Crippen LogP contribution in [-0.4, -0.2) is 25.1 Å². The summed E-state index contributed by atoms with van der Waals surface area (Å²) in [5, 5.41) is 1.07. The lowest BCUT2D eigenvalue weighted by molar-refractivity contribution is 0.0996. The molecule has 0 fully saturated rings. The summed E-state index contributed by atoms with van der Waals surface area (Å²) < 4.78 is 27.2. The van der Waals surface area contributed by atoms with Crippen LogP contribution in [-0.2, 0) is 23.6 Å². The van der Waals surface area contributed by atoms with Crippen LogP contribution >= 0.6 is 0 Å². The van der Waals surface area contributed by atoms with Gasteiger partial charge in [-0.05, 0) is 42.0 Å². The second-order valence-electron chi connectivity index (χ2n) is 6.31. The number of carbonyl (C=O) groups is 1. The van der Waals surface area contributed by atoms with Crippen molar-refractivity contribution in [3.8, 4) is 0 Å². The summed E-state index contributed by atoms with van der Waals surface area (Å²) >= 11 is 0. The highest BCUT2D eigenvalue weighted by molar-refractivity contribution is 7.92. The number of sulfonamides is 1. The monoisotopic (exact) mass is 355 g/mol. The Bertz CT molecular complexity index is 1120. The van der Waals surface area contributed by atoms with Crippen molar-refractivity contribution in [2.24, 2.45) is 7.05 Å². The van der Waals surface area contributed by atoms with Crippen LogP contribution in [0, 0.1) is 0 Å². The van der Waals surface area contributed by atoms with E-state index >= 15 is 0 Å². The molecule has 1 aromatic heterocycles. The Labute approximate surface area is 145 Å². The summed E-state index contributed by atoms with van der Waals surface area (Å²) in [7, 11) is -1.40. The molecule has 7 heteroatoms. The van der Waals surface area contributed by atoms with Gasteiger partial charge < -0.3 is 9.47 Å². The van der Waals surface area contributed by atoms with Crippen molar-refractivity contribution >= 4 is 38.2 Å². The summed E-state index contributed by atoms with van der Waals surface area (Å²) in [5.74, 6) is -0.123. The van der Waals surface area contributed by atoms with E-state index in [0.29, 0.717) is 17.8 Å². The molecule has 0 atom stereocenters. The van der Waals surface area contributed by atoms with Gasteiger partial charge >= 0.3 is 0 Å². The topological polar surface area (TPSA) is 71.4 Å². The van der Waals surface area contributed by atoms with E-state index in [1.54, 1.807) is 23.1 Å². The van der Waals surface area contributed by atoms with Crippen LogP contribution in [0.1, 0.15) is 15.9 Å². The number of benzene rings is 2. The van der Waals surface area contributed by atoms with Crippen LogP contribution in [0.5, 0.6) is 0 Å². The van der Waals surface area contributed by atoms with Crippen molar-refractivity contribution < 1.29 is 13.2 Å². The van der Waals surface area contributed by atoms with Gasteiger partial charge in [0.1, 0.15) is 0 Å². The number of aryl methyl sites for hydroxylation is 1. The van der Waals surface area contributed by atoms with Gasteiger partial charge in [0.05, 0.1) is 12.8 Å². The summed E-state index contributed by atoms with van der Waals surface area (Å²) in [6, 6.07) is 13.0. The predicted octanol–water partition coefficient (Wildman–Crippen LogP) is 2.71. The number of hydrogen-bond acceptors (Lipinski definition) is 3. The molecule has 0 saturated carbocycles. The highest BCUT2D eigenvalue weighted by atomic mass is 32.2. The molecule has 1 aliphatic heterocycles. The van der Waals surface area contributed by atoms with Crippen molar-refractivity contribution in [3.05, 3.63) is 59.8 Å². The van der Waals surface area contributed by atoms with Gasteiger partial charge in [0.2, 0.25) is 10.0 Å². The number of carbonyl (C=O) groups excluding carboxylic acids is 1. The third-order valence-electron chi connectivity index (χ3n) is 4.40. The molecule has 0 bridgehead atoms. The number of nitrogens with zero attached hydrogens (tertiary/aromatic N) is 2. The number of nitrogens with one attached hydrogen (secondary N) is 1. The van der Waals surface area contributed by atoms with Crippen LogP contribution in [0.3, 0.4) is 0 Å². The number of fused-ring (bicyclic) bond motifs is 2. The zero-order chi connectivity index (χ0) is 17.8. The smallest absolute Gasteiger partial charge is 0.259 e. The third kappa shape index (κ3) is 2.76. The van der Waals surface area contributed by atoms with Crippen molar-refractivity contribution in [2.75, 3.05) is 15.9 Å². The van der Waals surface area contributed by atoms with E-state index in [9.17, 15) is 13.2 Å². The van der Waals surface area contributed by atoms with Crippen molar-refractivity contribution in [1.82, 2.24) is 4.57 Å². The van der Waals surface area contributed by atoms with Crippen LogP contribution in [0.15, 0.2) is 48.7 Å². The molecule has 0 aliphatic carbocycles. The first-order valence-electron chi connectivity index (χ1n) is 7.79. The first-order valence-corrected chi connectivity index (χ1v) is 9.69. The summed E-state index contributed by atoms with van der Waals surface area (Å²) in [4.78, 5) is 14.5. The Morgan fingerprint density at radius 2 is 1.88 bits per heavy atom. The molecular weight excluding hydrogens is 338 g/mol. The van der Waals surface area contributed by atoms with Gasteiger partial charge in [-0.1, -0.05) is 6.07 Å². The zero-order valence-corrected chi connectivity index (χ0v) is 14.7. The molecule has 1 amide bonds. The second kappa shape index (κ2) is 5.35. The number of anilines is 2. The van der Waals surface area contributed by atoms with E-state index < -0.39 is 10.0 Å². The molecule has 128 valence electrons. The molecule has 0 spiro atoms. The summed E-state index contributed by atoms with van der Waals surface area (Å²) in [5.41, 5.74) is 3.75. The fourth-order valence-corrected chi connectivity index (χ4v) is 3.78. The predicted molar refractivity (Wildman–Crippen MR) is 98.3 cm³/mol. The molecule has 6 nitrogen and oxygen atoms in total. The maximum atomic E-state index is 12.8. The molecule has 0 unspecified atom stereocenters. The molecule has 3 aromatic rings. The first kappa shape index (κ1) is 15.7. The minimum Gasteiger partial charge on any atom is -0.351 e. The maximum absolute atomic E-state index is 12.8. The number of aromatic nitrogens is 1. The lowest BCUT2D eigenvalue weighted by atomic mass is 10.1. The Kier molecular flexibility index (Phi) is 3.36. The van der Waals surface area contributed by atoms with Crippen molar-refractivity contribution in [3.63, 3.8) is 0 Å². The van der Waals surface area contributed by atoms with E-state index in [4.69, 9.17) is 0 Å². The van der Waals surface area contributed by atoms with Crippen LogP contribution in [0.4, 0.5) is 11.4 Å². The Morgan fingerprint density at radius 3 is 2.64 bits per heavy atom. The van der Waals surface area contributed by atoms with Gasteiger partial charge in [-0.2, -0.15) is 0 Å². The Morgan fingerprint density at radius 1 is 1.08 bits per heavy atom. The van der Waals surface area contributed by atoms with Gasteiger partial charge in [0.15, 0.2) is 0 Å². The molecule has 4 rings (SSSR count). The van der Waals surface area contributed by atoms with E-state index in [0.717, 1.165) is 28.4 Å². The molecule has 25 heavy (non-hydrogen) atoms. The van der Waals surface area contributed by atoms with Gasteiger partial charge in [0, 0.05) is 41.1 Å². The molecule has 2 heterocycles. The quantitative estimate of drug-likeness (QED) is 0.785. The SMILES string of the molecule is Cn1ccc2cc(N3Cc4ccc(NS(C)(=O)=O)cc4C3=O)ccc21. The fraction of sp³-hybridized carbons (Fsp3) is 0.167. The fourth-order valence-electron chi connectivity index (χ4n) is 3.22. The number of amides is 1. The van der Waals surface area contributed by atoms with Gasteiger partial charge in [-0.15, -0.1) is 0 Å². The van der Waals surface area contributed by atoms with Gasteiger partial charge in [-0.3, -0.25) is 9.52 Å². The lowest BCUT2D eigenvalue weighted by Crippen LogP contribution is -2.22. The van der Waals surface area contributed by atoms with E-state index in [-0.39, 0.29) is 5.91 Å². The largest absolute Gasteiger partial charge is 0.351 e. The molecular formula is C18H17N3O3S. The third-order valence-corrected chi connectivity index (χ3v) is 5.00. The maximum Gasteiger partial charge on any atom is 0.259 e. The van der Waals surface area contributed by atoms with Gasteiger partial charge in [-0.25, -0.2) is 8.42 Å². The lowest BCUT2D eigenvalue weighted by Gasteiger charge is -2.16. The second-order valence-corrected chi connectivity index (χ2v) is 8.06. The van der Waals surface area contributed by atoms with Crippen molar-refractivity contribution in [2.45, 2.75) is 6.54 Å². The standard InChI is InChI=1S/C18H17N3O3S/c1-20-8-7-12-9-15(5-6-17(12)20)21-11-13-3-4-14(19-25(2,23)24)10-16(13)18(21)22/h3-10,19H,11H2,1-2H3. The molecule has 1 N–H and O–H groups in total. The summed E-state index contributed by atoms with van der Waals surface area (Å²) in [6.07, 6.45) is 3.07. The Balaban J connectivity index is 1.69. The van der Waals surface area contributed by atoms with Crippen LogP contribution < -0.4 is 9.62 Å². The van der Waals surface area contributed by atoms with E-state index in [1.165, 1.54) is 0 Å². The summed E-state index contributed by atoms with van der Waals surface area (Å²) in [6.45, 7) is 0.478. The minimum atomic E-state index is -3.38. The molecule has 0 radical (unpaired) electrons. The molecule has 1 aliphatic rings. The average molecular weight is 355 g/mol. The normalized spacial score (nSPS) is 14.2. The average Bonchev–Trinajstić information content (AvgIpc) is 3.07. The highest BCUT2D eigenvalue weighted by Crippen LogP contribution is 2.32. The van der Waals surface area contributed by atoms with Crippen molar-refractivity contribution in [1.29, 1.82) is 0 Å². The van der Waals surface area contributed by atoms with Crippen LogP contribution in [0.2, 0.25) is 0 Å². The van der Waals surface area contributed by atoms with E-state index in [2.05, 4.69) is 4.72 Å². The zero-order valence-electron chi connectivity index (χ0n) is 13.9. The number of rotatable bonds is 3. The Hall–Kier alpha value is -2.80. The minimum absolute atomic E-state index is 0.123. The van der Waals surface area contributed by atoms with E-state index in [1.807, 2.05) is 42.1 Å². The highest BCUT2D eigenvalue weighted by Gasteiger charge is 2.29. The van der Waals surface area contributed by atoms with Crippen LogP contribution in [0.25, 0.3) is 10.9 Å². The number of hydrogen-bond donors (Lipinski definition) is 1. The van der Waals surface area contributed by atoms with Gasteiger partial charge in [0.25, 0.3) is 5.91 Å². The molecule has 0 saturated heterocycles.